The fraction of sp³-hybridized carbons (Fsp3) is 0.235. The Labute approximate surface area is 143 Å². The van der Waals surface area contributed by atoms with Crippen molar-refractivity contribution in [1.29, 1.82) is 0 Å². The topological polar surface area (TPSA) is 46.1 Å². The normalized spacial score (nSPS) is 10.9. The molecule has 118 valence electrons. The first-order valence-corrected chi connectivity index (χ1v) is 9.04. The van der Waals surface area contributed by atoms with Gasteiger partial charge in [-0.05, 0) is 36.9 Å². The Morgan fingerprint density at radius 3 is 2.78 bits per heavy atom. The van der Waals surface area contributed by atoms with Crippen LogP contribution in [0.5, 0.6) is 0 Å². The van der Waals surface area contributed by atoms with Gasteiger partial charge < -0.3 is 4.90 Å². The molecule has 0 spiro atoms. The van der Waals surface area contributed by atoms with E-state index < -0.39 is 0 Å². The van der Waals surface area contributed by atoms with Gasteiger partial charge in [-0.25, -0.2) is 4.98 Å². The maximum atomic E-state index is 12.9. The minimum absolute atomic E-state index is 0.0177. The van der Waals surface area contributed by atoms with Gasteiger partial charge in [0.1, 0.15) is 9.88 Å². The van der Waals surface area contributed by atoms with Crippen molar-refractivity contribution in [1.82, 2.24) is 14.9 Å². The van der Waals surface area contributed by atoms with Crippen LogP contribution in [0.15, 0.2) is 48.2 Å². The molecule has 0 unspecified atom stereocenters. The second-order valence-corrected chi connectivity index (χ2v) is 7.37. The first-order chi connectivity index (χ1) is 11.1. The Bertz CT molecular complexity index is 766. The van der Waals surface area contributed by atoms with Crippen molar-refractivity contribution >= 4 is 28.6 Å². The zero-order valence-electron chi connectivity index (χ0n) is 13.0. The minimum atomic E-state index is 0.0177. The van der Waals surface area contributed by atoms with Crippen molar-refractivity contribution in [2.45, 2.75) is 26.4 Å². The molecule has 0 saturated carbocycles. The Morgan fingerprint density at radius 2 is 2.13 bits per heavy atom. The summed E-state index contributed by atoms with van der Waals surface area (Å²) < 4.78 is 0. The number of carbonyl (C=O) groups excluding carboxylic acids is 1. The van der Waals surface area contributed by atoms with Crippen molar-refractivity contribution < 1.29 is 4.79 Å². The average Bonchev–Trinajstić information content (AvgIpc) is 3.23. The molecular weight excluding hydrogens is 326 g/mol. The standard InChI is InChI=1S/C17H17N3OS2/c1-12(2)20(11-13-5-3-7-18-9-13)17(21)15-10-19-16(23-15)14-6-4-8-22-14/h3-10,12H,11H2,1-2H3. The maximum absolute atomic E-state index is 12.9. The quantitative estimate of drug-likeness (QED) is 0.693. The Kier molecular flexibility index (Phi) is 4.83. The van der Waals surface area contributed by atoms with Gasteiger partial charge in [-0.1, -0.05) is 12.1 Å². The summed E-state index contributed by atoms with van der Waals surface area (Å²) in [4.78, 5) is 25.0. The number of thiophene rings is 1. The summed E-state index contributed by atoms with van der Waals surface area (Å²) in [6.07, 6.45) is 5.22. The lowest BCUT2D eigenvalue weighted by atomic mass is 10.2. The molecule has 1 amide bonds. The Morgan fingerprint density at radius 1 is 1.26 bits per heavy atom. The van der Waals surface area contributed by atoms with Crippen molar-refractivity contribution in [2.75, 3.05) is 0 Å². The van der Waals surface area contributed by atoms with Gasteiger partial charge in [-0.2, -0.15) is 0 Å². The van der Waals surface area contributed by atoms with E-state index in [2.05, 4.69) is 9.97 Å². The zero-order valence-corrected chi connectivity index (χ0v) is 14.6. The van der Waals surface area contributed by atoms with Gasteiger partial charge in [0.15, 0.2) is 0 Å². The Balaban J connectivity index is 1.81. The molecule has 0 aliphatic heterocycles. The zero-order chi connectivity index (χ0) is 16.2. The third-order valence-corrected chi connectivity index (χ3v) is 5.43. The largest absolute Gasteiger partial charge is 0.331 e. The molecule has 6 heteroatoms. The number of hydrogen-bond acceptors (Lipinski definition) is 5. The SMILES string of the molecule is CC(C)N(Cc1cccnc1)C(=O)c1cnc(-c2cccs2)s1. The number of amides is 1. The van der Waals surface area contributed by atoms with Crippen LogP contribution in [0.3, 0.4) is 0 Å². The Hall–Kier alpha value is -2.05. The minimum Gasteiger partial charge on any atom is -0.331 e. The predicted octanol–water partition coefficient (Wildman–Crippen LogP) is 4.32. The highest BCUT2D eigenvalue weighted by Crippen LogP contribution is 2.29. The fourth-order valence-electron chi connectivity index (χ4n) is 2.21. The molecule has 4 nitrogen and oxygen atoms in total. The molecule has 3 rings (SSSR count). The van der Waals surface area contributed by atoms with Crippen LogP contribution < -0.4 is 0 Å². The number of aromatic nitrogens is 2. The molecule has 0 saturated heterocycles. The highest BCUT2D eigenvalue weighted by Gasteiger charge is 2.22. The molecule has 0 bridgehead atoms. The summed E-state index contributed by atoms with van der Waals surface area (Å²) >= 11 is 3.08. The van der Waals surface area contributed by atoms with E-state index in [1.54, 1.807) is 29.9 Å². The van der Waals surface area contributed by atoms with Crippen LogP contribution in [0.2, 0.25) is 0 Å². The van der Waals surface area contributed by atoms with E-state index in [0.717, 1.165) is 15.4 Å². The van der Waals surface area contributed by atoms with E-state index >= 15 is 0 Å². The van der Waals surface area contributed by atoms with Crippen molar-refractivity contribution in [3.05, 3.63) is 58.7 Å². The monoisotopic (exact) mass is 343 g/mol. The predicted molar refractivity (Wildman–Crippen MR) is 94.7 cm³/mol. The molecule has 0 aliphatic rings. The third-order valence-electron chi connectivity index (χ3n) is 3.41. The van der Waals surface area contributed by atoms with E-state index in [4.69, 9.17) is 0 Å². The van der Waals surface area contributed by atoms with Crippen LogP contribution in [0.25, 0.3) is 9.88 Å². The van der Waals surface area contributed by atoms with Crippen LogP contribution in [0.4, 0.5) is 0 Å². The van der Waals surface area contributed by atoms with Gasteiger partial charge in [-0.15, -0.1) is 22.7 Å². The third kappa shape index (κ3) is 3.65. The summed E-state index contributed by atoms with van der Waals surface area (Å²) in [6, 6.07) is 7.99. The van der Waals surface area contributed by atoms with Crippen LogP contribution in [-0.2, 0) is 6.54 Å². The summed E-state index contributed by atoms with van der Waals surface area (Å²) in [7, 11) is 0. The average molecular weight is 343 g/mol. The number of nitrogens with zero attached hydrogens (tertiary/aromatic N) is 3. The van der Waals surface area contributed by atoms with Crippen molar-refractivity contribution in [3.8, 4) is 9.88 Å². The molecule has 0 N–H and O–H groups in total. The van der Waals surface area contributed by atoms with Crippen LogP contribution in [0.1, 0.15) is 29.1 Å². The van der Waals surface area contributed by atoms with Crippen molar-refractivity contribution in [2.24, 2.45) is 0 Å². The molecule has 3 heterocycles. The highest BCUT2D eigenvalue weighted by atomic mass is 32.1. The van der Waals surface area contributed by atoms with Gasteiger partial charge in [0, 0.05) is 25.0 Å². The second-order valence-electron chi connectivity index (χ2n) is 5.40. The number of rotatable bonds is 5. The van der Waals surface area contributed by atoms with Gasteiger partial charge in [0.25, 0.3) is 5.91 Å². The molecule has 0 fully saturated rings. The van der Waals surface area contributed by atoms with Gasteiger partial charge >= 0.3 is 0 Å². The first-order valence-electron chi connectivity index (χ1n) is 7.34. The molecule has 0 aliphatic carbocycles. The molecule has 3 aromatic heterocycles. The molecular formula is C17H17N3OS2. The first kappa shape index (κ1) is 15.8. The van der Waals surface area contributed by atoms with E-state index in [1.807, 2.05) is 48.4 Å². The van der Waals surface area contributed by atoms with E-state index in [-0.39, 0.29) is 11.9 Å². The number of hydrogen-bond donors (Lipinski definition) is 0. The van der Waals surface area contributed by atoms with Crippen molar-refractivity contribution in [3.63, 3.8) is 0 Å². The maximum Gasteiger partial charge on any atom is 0.266 e. The van der Waals surface area contributed by atoms with Crippen LogP contribution in [-0.4, -0.2) is 26.8 Å². The van der Waals surface area contributed by atoms with E-state index in [9.17, 15) is 4.79 Å². The van der Waals surface area contributed by atoms with Gasteiger partial charge in [0.2, 0.25) is 0 Å². The van der Waals surface area contributed by atoms with Crippen LogP contribution >= 0.6 is 22.7 Å². The van der Waals surface area contributed by atoms with E-state index in [1.165, 1.54) is 11.3 Å². The summed E-state index contributed by atoms with van der Waals surface area (Å²) in [5, 5.41) is 2.91. The molecule has 3 aromatic rings. The summed E-state index contributed by atoms with van der Waals surface area (Å²) in [5.41, 5.74) is 1.03. The highest BCUT2D eigenvalue weighted by molar-refractivity contribution is 7.21. The molecule has 0 radical (unpaired) electrons. The van der Waals surface area contributed by atoms with E-state index in [0.29, 0.717) is 11.4 Å². The van der Waals surface area contributed by atoms with Gasteiger partial charge in [-0.3, -0.25) is 9.78 Å². The molecule has 23 heavy (non-hydrogen) atoms. The molecule has 0 aromatic carbocycles. The number of carbonyl (C=O) groups is 1. The summed E-state index contributed by atoms with van der Waals surface area (Å²) in [6.45, 7) is 4.60. The smallest absolute Gasteiger partial charge is 0.266 e. The number of pyridine rings is 1. The molecule has 0 atom stereocenters. The summed E-state index contributed by atoms with van der Waals surface area (Å²) in [5.74, 6) is 0.0177. The second kappa shape index (κ2) is 7.02. The lowest BCUT2D eigenvalue weighted by Crippen LogP contribution is -2.36. The fourth-order valence-corrected chi connectivity index (χ4v) is 3.88. The number of thiazole rings is 1. The van der Waals surface area contributed by atoms with Gasteiger partial charge in [0.05, 0.1) is 11.1 Å². The van der Waals surface area contributed by atoms with Crippen LogP contribution in [0, 0.1) is 0 Å². The lowest BCUT2D eigenvalue weighted by molar-refractivity contribution is 0.0695. The lowest BCUT2D eigenvalue weighted by Gasteiger charge is -2.26.